The minimum atomic E-state index is -0.599. The molecule has 0 aliphatic carbocycles. The van der Waals surface area contributed by atoms with E-state index >= 15 is 0 Å². The molecular weight excluding hydrogens is 239 g/mol. The fraction of sp³-hybridized carbons (Fsp3) is 0.500. The van der Waals surface area contributed by atoms with Gasteiger partial charge in [0.2, 0.25) is 5.95 Å². The van der Waals surface area contributed by atoms with Crippen LogP contribution in [0.3, 0.4) is 0 Å². The van der Waals surface area contributed by atoms with Crippen LogP contribution >= 0.6 is 0 Å². The van der Waals surface area contributed by atoms with Crippen LogP contribution in [0.15, 0.2) is 18.3 Å². The molecule has 0 aromatic carbocycles. The van der Waals surface area contributed by atoms with Crippen molar-refractivity contribution in [1.29, 1.82) is 0 Å². The van der Waals surface area contributed by atoms with Gasteiger partial charge in [-0.3, -0.25) is 4.79 Å². The Bertz CT molecular complexity index is 357. The average Bonchev–Trinajstić information content (AvgIpc) is 2.38. The summed E-state index contributed by atoms with van der Waals surface area (Å²) in [6, 6.07) is 2.55. The van der Waals surface area contributed by atoms with E-state index in [0.29, 0.717) is 38.3 Å². The zero-order valence-corrected chi connectivity index (χ0v) is 10.3. The van der Waals surface area contributed by atoms with Crippen molar-refractivity contribution in [3.8, 4) is 0 Å². The molecule has 0 atom stereocenters. The molecule has 0 radical (unpaired) electrons. The van der Waals surface area contributed by atoms with Gasteiger partial charge in [-0.1, -0.05) is 0 Å². The Kier molecular flexibility index (Phi) is 6.90. The first-order valence-corrected chi connectivity index (χ1v) is 5.70. The van der Waals surface area contributed by atoms with Crippen LogP contribution in [0.5, 0.6) is 0 Å². The SMILES string of the molecule is COCCOCCCNC(=O)c1ccc(F)nc1. The van der Waals surface area contributed by atoms with E-state index in [1.165, 1.54) is 12.3 Å². The normalized spacial score (nSPS) is 10.3. The minimum absolute atomic E-state index is 0.264. The molecular formula is C12H17FN2O3. The van der Waals surface area contributed by atoms with Crippen molar-refractivity contribution in [3.63, 3.8) is 0 Å². The standard InChI is InChI=1S/C12H17FN2O3/c1-17-7-8-18-6-2-5-14-12(16)10-3-4-11(13)15-9-10/h3-4,9H,2,5-8H2,1H3,(H,14,16). The number of nitrogens with one attached hydrogen (secondary N) is 1. The maximum absolute atomic E-state index is 12.5. The zero-order chi connectivity index (χ0) is 13.2. The molecule has 1 N–H and O–H groups in total. The molecule has 1 aromatic rings. The van der Waals surface area contributed by atoms with Crippen LogP contribution in [-0.4, -0.2) is 44.4 Å². The van der Waals surface area contributed by atoms with E-state index in [-0.39, 0.29) is 5.91 Å². The molecule has 0 fully saturated rings. The number of aromatic nitrogens is 1. The van der Waals surface area contributed by atoms with Crippen molar-refractivity contribution in [3.05, 3.63) is 29.8 Å². The number of rotatable bonds is 8. The van der Waals surface area contributed by atoms with Crippen molar-refractivity contribution in [2.75, 3.05) is 33.5 Å². The van der Waals surface area contributed by atoms with E-state index < -0.39 is 5.95 Å². The topological polar surface area (TPSA) is 60.5 Å². The first-order valence-electron chi connectivity index (χ1n) is 5.70. The second kappa shape index (κ2) is 8.54. The summed E-state index contributed by atoms with van der Waals surface area (Å²) in [5.74, 6) is -0.863. The molecule has 1 amide bonds. The lowest BCUT2D eigenvalue weighted by molar-refractivity contribution is 0.0688. The fourth-order valence-corrected chi connectivity index (χ4v) is 1.23. The molecule has 0 saturated carbocycles. The third kappa shape index (κ3) is 5.70. The van der Waals surface area contributed by atoms with Gasteiger partial charge < -0.3 is 14.8 Å². The van der Waals surface area contributed by atoms with Gasteiger partial charge in [-0.2, -0.15) is 4.39 Å². The molecule has 1 aromatic heterocycles. The van der Waals surface area contributed by atoms with Crippen LogP contribution in [-0.2, 0) is 9.47 Å². The number of ether oxygens (including phenoxy) is 2. The van der Waals surface area contributed by atoms with Gasteiger partial charge in [-0.15, -0.1) is 0 Å². The summed E-state index contributed by atoms with van der Waals surface area (Å²) in [4.78, 5) is 15.0. The lowest BCUT2D eigenvalue weighted by atomic mass is 10.2. The molecule has 18 heavy (non-hydrogen) atoms. The smallest absolute Gasteiger partial charge is 0.252 e. The third-order valence-corrected chi connectivity index (χ3v) is 2.17. The zero-order valence-electron chi connectivity index (χ0n) is 10.3. The molecule has 0 spiro atoms. The van der Waals surface area contributed by atoms with Gasteiger partial charge in [0.05, 0.1) is 18.8 Å². The van der Waals surface area contributed by atoms with Crippen LogP contribution in [0, 0.1) is 5.95 Å². The molecule has 0 unspecified atom stereocenters. The summed E-state index contributed by atoms with van der Waals surface area (Å²) in [5.41, 5.74) is 0.344. The maximum Gasteiger partial charge on any atom is 0.252 e. The first-order chi connectivity index (χ1) is 8.74. The van der Waals surface area contributed by atoms with Gasteiger partial charge in [0.15, 0.2) is 0 Å². The lowest BCUT2D eigenvalue weighted by Gasteiger charge is -2.05. The van der Waals surface area contributed by atoms with Crippen molar-refractivity contribution in [2.45, 2.75) is 6.42 Å². The molecule has 6 heteroatoms. The number of halogens is 1. The third-order valence-electron chi connectivity index (χ3n) is 2.17. The Morgan fingerprint density at radius 2 is 2.22 bits per heavy atom. The minimum Gasteiger partial charge on any atom is -0.382 e. The summed E-state index contributed by atoms with van der Waals surface area (Å²) in [7, 11) is 1.61. The Hall–Kier alpha value is -1.53. The van der Waals surface area contributed by atoms with Crippen molar-refractivity contribution in [2.24, 2.45) is 0 Å². The van der Waals surface area contributed by atoms with E-state index in [2.05, 4.69) is 10.3 Å². The van der Waals surface area contributed by atoms with E-state index in [9.17, 15) is 9.18 Å². The number of hydrogen-bond donors (Lipinski definition) is 1. The van der Waals surface area contributed by atoms with Gasteiger partial charge in [-0.25, -0.2) is 4.98 Å². The average molecular weight is 256 g/mol. The summed E-state index contributed by atoms with van der Waals surface area (Å²) in [5, 5.41) is 2.70. The molecule has 0 aliphatic rings. The molecule has 5 nitrogen and oxygen atoms in total. The van der Waals surface area contributed by atoms with Gasteiger partial charge in [0.25, 0.3) is 5.91 Å². The van der Waals surface area contributed by atoms with Crippen LogP contribution in [0.25, 0.3) is 0 Å². The number of hydrogen-bond acceptors (Lipinski definition) is 4. The Morgan fingerprint density at radius 3 is 2.89 bits per heavy atom. The second-order valence-corrected chi connectivity index (χ2v) is 3.58. The number of carbonyl (C=O) groups excluding carboxylic acids is 1. The number of amides is 1. The quantitative estimate of drug-likeness (QED) is 0.557. The molecule has 0 saturated heterocycles. The number of carbonyl (C=O) groups is 1. The van der Waals surface area contributed by atoms with E-state index in [1.54, 1.807) is 7.11 Å². The van der Waals surface area contributed by atoms with Crippen LogP contribution in [0.4, 0.5) is 4.39 Å². The molecule has 1 rings (SSSR count). The predicted molar refractivity (Wildman–Crippen MR) is 63.8 cm³/mol. The summed E-state index contributed by atoms with van der Waals surface area (Å²) < 4.78 is 22.6. The van der Waals surface area contributed by atoms with E-state index in [1.807, 2.05) is 0 Å². The Labute approximate surface area is 105 Å². The summed E-state index contributed by atoms with van der Waals surface area (Å²) >= 11 is 0. The molecule has 0 bridgehead atoms. The van der Waals surface area contributed by atoms with Crippen LogP contribution in [0.2, 0.25) is 0 Å². The Morgan fingerprint density at radius 1 is 1.39 bits per heavy atom. The Balaban J connectivity index is 2.12. The fourth-order valence-electron chi connectivity index (χ4n) is 1.23. The van der Waals surface area contributed by atoms with Crippen LogP contribution in [0.1, 0.15) is 16.8 Å². The molecule has 1 heterocycles. The highest BCUT2D eigenvalue weighted by atomic mass is 19.1. The largest absolute Gasteiger partial charge is 0.382 e. The predicted octanol–water partition coefficient (Wildman–Crippen LogP) is 1.00. The van der Waals surface area contributed by atoms with Gasteiger partial charge in [0, 0.05) is 26.5 Å². The lowest BCUT2D eigenvalue weighted by Crippen LogP contribution is -2.25. The first kappa shape index (κ1) is 14.5. The molecule has 0 aliphatic heterocycles. The monoisotopic (exact) mass is 256 g/mol. The highest BCUT2D eigenvalue weighted by Gasteiger charge is 2.04. The van der Waals surface area contributed by atoms with Crippen molar-refractivity contribution < 1.29 is 18.7 Å². The van der Waals surface area contributed by atoms with Crippen molar-refractivity contribution >= 4 is 5.91 Å². The van der Waals surface area contributed by atoms with Crippen molar-refractivity contribution in [1.82, 2.24) is 10.3 Å². The summed E-state index contributed by atoms with van der Waals surface area (Å²) in [6.07, 6.45) is 1.92. The van der Waals surface area contributed by atoms with Gasteiger partial charge in [0.1, 0.15) is 0 Å². The second-order valence-electron chi connectivity index (χ2n) is 3.58. The maximum atomic E-state index is 12.5. The van der Waals surface area contributed by atoms with Gasteiger partial charge >= 0.3 is 0 Å². The number of methoxy groups -OCH3 is 1. The highest BCUT2D eigenvalue weighted by molar-refractivity contribution is 5.93. The molecule has 100 valence electrons. The number of nitrogens with zero attached hydrogens (tertiary/aromatic N) is 1. The number of pyridine rings is 1. The van der Waals surface area contributed by atoms with E-state index in [4.69, 9.17) is 9.47 Å². The van der Waals surface area contributed by atoms with Crippen LogP contribution < -0.4 is 5.32 Å². The van der Waals surface area contributed by atoms with E-state index in [0.717, 1.165) is 6.07 Å². The van der Waals surface area contributed by atoms with Gasteiger partial charge in [-0.05, 0) is 18.6 Å². The summed E-state index contributed by atoms with van der Waals surface area (Å²) in [6.45, 7) is 2.18. The highest BCUT2D eigenvalue weighted by Crippen LogP contribution is 1.98.